The number of rotatable bonds is 3. The Bertz CT molecular complexity index is 911. The Hall–Kier alpha value is -2.92. The van der Waals surface area contributed by atoms with Gasteiger partial charge in [-0.15, -0.1) is 0 Å². The van der Waals surface area contributed by atoms with Crippen LogP contribution in [0.5, 0.6) is 0 Å². The molecular formula is C17H14N2O3. The fourth-order valence-electron chi connectivity index (χ4n) is 2.55. The standard InChI is InChI=1S/C17H14N2O3/c18-9-10-5-7-11(8-6-10)14-15(17(21)22)12-3-1-2-4-13(12)19-16(14)20/h1-8H,9,18H2,(H,19,20)(H,21,22). The average Bonchev–Trinajstić information content (AvgIpc) is 2.53. The number of pyridine rings is 1. The average molecular weight is 294 g/mol. The van der Waals surface area contributed by atoms with Crippen LogP contribution in [0.15, 0.2) is 53.3 Å². The SMILES string of the molecule is NCc1ccc(-c2c(C(=O)O)c3ccccc3[nH]c2=O)cc1. The molecular weight excluding hydrogens is 280 g/mol. The summed E-state index contributed by atoms with van der Waals surface area (Å²) in [4.78, 5) is 26.8. The van der Waals surface area contributed by atoms with Gasteiger partial charge in [-0.25, -0.2) is 4.79 Å². The van der Waals surface area contributed by atoms with Crippen molar-refractivity contribution in [2.45, 2.75) is 6.54 Å². The van der Waals surface area contributed by atoms with Crippen LogP contribution in [0.3, 0.4) is 0 Å². The largest absolute Gasteiger partial charge is 0.478 e. The second-order valence-corrected chi connectivity index (χ2v) is 4.96. The van der Waals surface area contributed by atoms with Crippen LogP contribution in [-0.4, -0.2) is 16.1 Å². The number of aromatic nitrogens is 1. The van der Waals surface area contributed by atoms with Gasteiger partial charge in [0.05, 0.1) is 11.1 Å². The maximum atomic E-state index is 12.4. The lowest BCUT2D eigenvalue weighted by atomic mass is 9.97. The van der Waals surface area contributed by atoms with E-state index in [4.69, 9.17) is 5.73 Å². The third-order valence-corrected chi connectivity index (χ3v) is 3.61. The van der Waals surface area contributed by atoms with Gasteiger partial charge >= 0.3 is 5.97 Å². The van der Waals surface area contributed by atoms with Gasteiger partial charge in [-0.05, 0) is 17.2 Å². The van der Waals surface area contributed by atoms with Gasteiger partial charge in [0, 0.05) is 17.4 Å². The molecule has 0 saturated carbocycles. The van der Waals surface area contributed by atoms with E-state index in [1.54, 1.807) is 48.5 Å². The molecule has 22 heavy (non-hydrogen) atoms. The number of carboxylic acids is 1. The molecule has 110 valence electrons. The number of aromatic amines is 1. The summed E-state index contributed by atoms with van der Waals surface area (Å²) in [6.45, 7) is 0.389. The Morgan fingerprint density at radius 1 is 1.09 bits per heavy atom. The van der Waals surface area contributed by atoms with Crippen molar-refractivity contribution in [2.24, 2.45) is 5.73 Å². The summed E-state index contributed by atoms with van der Waals surface area (Å²) in [5, 5.41) is 10.1. The zero-order chi connectivity index (χ0) is 15.7. The van der Waals surface area contributed by atoms with Crippen molar-refractivity contribution in [2.75, 3.05) is 0 Å². The van der Waals surface area contributed by atoms with E-state index in [1.807, 2.05) is 0 Å². The molecule has 1 heterocycles. The van der Waals surface area contributed by atoms with Gasteiger partial charge in [0.25, 0.3) is 5.56 Å². The van der Waals surface area contributed by atoms with Gasteiger partial charge in [0.15, 0.2) is 0 Å². The third-order valence-electron chi connectivity index (χ3n) is 3.61. The van der Waals surface area contributed by atoms with E-state index < -0.39 is 11.5 Å². The number of para-hydroxylation sites is 1. The van der Waals surface area contributed by atoms with Crippen molar-refractivity contribution in [1.29, 1.82) is 0 Å². The molecule has 5 heteroatoms. The molecule has 5 nitrogen and oxygen atoms in total. The van der Waals surface area contributed by atoms with Gasteiger partial charge in [-0.3, -0.25) is 4.79 Å². The fourth-order valence-corrected chi connectivity index (χ4v) is 2.55. The van der Waals surface area contributed by atoms with E-state index in [1.165, 1.54) is 0 Å². The molecule has 3 rings (SSSR count). The zero-order valence-corrected chi connectivity index (χ0v) is 11.7. The first kappa shape index (κ1) is 14.0. The predicted molar refractivity (Wildman–Crippen MR) is 84.9 cm³/mol. The molecule has 0 aliphatic rings. The molecule has 0 unspecified atom stereocenters. The van der Waals surface area contributed by atoms with Gasteiger partial charge in [0.2, 0.25) is 0 Å². The highest BCUT2D eigenvalue weighted by molar-refractivity contribution is 6.08. The van der Waals surface area contributed by atoms with Crippen LogP contribution in [0.4, 0.5) is 0 Å². The number of benzene rings is 2. The maximum Gasteiger partial charge on any atom is 0.337 e. The molecule has 3 aromatic rings. The molecule has 4 N–H and O–H groups in total. The number of nitrogens with two attached hydrogens (primary N) is 1. The number of carboxylic acid groups (broad SMARTS) is 1. The molecule has 0 amide bonds. The molecule has 0 bridgehead atoms. The Balaban J connectivity index is 2.36. The lowest BCUT2D eigenvalue weighted by Crippen LogP contribution is -2.15. The van der Waals surface area contributed by atoms with Gasteiger partial charge < -0.3 is 15.8 Å². The van der Waals surface area contributed by atoms with Crippen LogP contribution in [0, 0.1) is 0 Å². The first-order chi connectivity index (χ1) is 10.6. The first-order valence-corrected chi connectivity index (χ1v) is 6.79. The number of aromatic carboxylic acids is 1. The van der Waals surface area contributed by atoms with E-state index in [0.717, 1.165) is 5.56 Å². The zero-order valence-electron chi connectivity index (χ0n) is 11.7. The Morgan fingerprint density at radius 2 is 1.77 bits per heavy atom. The van der Waals surface area contributed by atoms with E-state index in [9.17, 15) is 14.7 Å². The van der Waals surface area contributed by atoms with E-state index in [0.29, 0.717) is 23.0 Å². The van der Waals surface area contributed by atoms with E-state index in [2.05, 4.69) is 4.98 Å². The topological polar surface area (TPSA) is 96.2 Å². The summed E-state index contributed by atoms with van der Waals surface area (Å²) in [7, 11) is 0. The number of fused-ring (bicyclic) bond motifs is 1. The van der Waals surface area contributed by atoms with Crippen LogP contribution in [-0.2, 0) is 6.54 Å². The van der Waals surface area contributed by atoms with Crippen LogP contribution >= 0.6 is 0 Å². The third kappa shape index (κ3) is 2.27. The highest BCUT2D eigenvalue weighted by atomic mass is 16.4. The minimum absolute atomic E-state index is 0.0137. The Morgan fingerprint density at radius 3 is 2.41 bits per heavy atom. The van der Waals surface area contributed by atoms with Crippen LogP contribution < -0.4 is 11.3 Å². The maximum absolute atomic E-state index is 12.4. The van der Waals surface area contributed by atoms with E-state index >= 15 is 0 Å². The first-order valence-electron chi connectivity index (χ1n) is 6.79. The molecule has 1 aromatic heterocycles. The lowest BCUT2D eigenvalue weighted by Gasteiger charge is -2.09. The summed E-state index contributed by atoms with van der Waals surface area (Å²) in [5.41, 5.74) is 7.29. The van der Waals surface area contributed by atoms with Crippen molar-refractivity contribution in [3.8, 4) is 11.1 Å². The number of nitrogens with one attached hydrogen (secondary N) is 1. The van der Waals surface area contributed by atoms with Crippen molar-refractivity contribution in [1.82, 2.24) is 4.98 Å². The summed E-state index contributed by atoms with van der Waals surface area (Å²) in [6.07, 6.45) is 0. The van der Waals surface area contributed by atoms with Crippen molar-refractivity contribution >= 4 is 16.9 Å². The fraction of sp³-hybridized carbons (Fsp3) is 0.0588. The second kappa shape index (κ2) is 5.46. The quantitative estimate of drug-likeness (QED) is 0.691. The summed E-state index contributed by atoms with van der Waals surface area (Å²) < 4.78 is 0. The molecule has 0 saturated heterocycles. The highest BCUT2D eigenvalue weighted by Gasteiger charge is 2.19. The minimum Gasteiger partial charge on any atom is -0.478 e. The monoisotopic (exact) mass is 294 g/mol. The van der Waals surface area contributed by atoms with Crippen molar-refractivity contribution < 1.29 is 9.90 Å². The van der Waals surface area contributed by atoms with Crippen molar-refractivity contribution in [3.63, 3.8) is 0 Å². The van der Waals surface area contributed by atoms with Crippen LogP contribution in [0.2, 0.25) is 0 Å². The second-order valence-electron chi connectivity index (χ2n) is 4.96. The number of hydrogen-bond donors (Lipinski definition) is 3. The molecule has 0 aliphatic carbocycles. The Kier molecular flexibility index (Phi) is 3.48. The van der Waals surface area contributed by atoms with Gasteiger partial charge in [-0.2, -0.15) is 0 Å². The summed E-state index contributed by atoms with van der Waals surface area (Å²) in [6, 6.07) is 13.9. The van der Waals surface area contributed by atoms with E-state index in [-0.39, 0.29) is 11.1 Å². The summed E-state index contributed by atoms with van der Waals surface area (Å²) >= 11 is 0. The smallest absolute Gasteiger partial charge is 0.337 e. The molecule has 0 fully saturated rings. The lowest BCUT2D eigenvalue weighted by molar-refractivity contribution is 0.0699. The molecule has 0 spiro atoms. The Labute approximate surface area is 126 Å². The molecule has 0 atom stereocenters. The molecule has 2 aromatic carbocycles. The highest BCUT2D eigenvalue weighted by Crippen LogP contribution is 2.26. The number of hydrogen-bond acceptors (Lipinski definition) is 3. The normalized spacial score (nSPS) is 10.8. The predicted octanol–water partition coefficient (Wildman–Crippen LogP) is 2.35. The van der Waals surface area contributed by atoms with Crippen LogP contribution in [0.25, 0.3) is 22.0 Å². The summed E-state index contributed by atoms with van der Waals surface area (Å²) in [5.74, 6) is -1.12. The van der Waals surface area contributed by atoms with Gasteiger partial charge in [-0.1, -0.05) is 42.5 Å². The van der Waals surface area contributed by atoms with Crippen LogP contribution in [0.1, 0.15) is 15.9 Å². The minimum atomic E-state index is -1.12. The number of H-pyrrole nitrogens is 1. The van der Waals surface area contributed by atoms with Crippen molar-refractivity contribution in [3.05, 3.63) is 70.0 Å². The molecule has 0 aliphatic heterocycles. The molecule has 0 radical (unpaired) electrons. The van der Waals surface area contributed by atoms with Gasteiger partial charge in [0.1, 0.15) is 0 Å². The number of carbonyl (C=O) groups is 1.